The Labute approximate surface area is 339 Å². The molecule has 6 fully saturated rings. The summed E-state index contributed by atoms with van der Waals surface area (Å²) in [5.74, 6) is 0.880. The Bertz CT molecular complexity index is 664. The summed E-state index contributed by atoms with van der Waals surface area (Å²) >= 11 is 0. The van der Waals surface area contributed by atoms with E-state index in [-0.39, 0.29) is 26.2 Å². The third-order valence-corrected chi connectivity index (χ3v) is 25.6. The van der Waals surface area contributed by atoms with E-state index in [0.717, 1.165) is 33.2 Å². The minimum atomic E-state index is -2.05. The maximum Gasteiger partial charge on any atom is 0.197 e. The van der Waals surface area contributed by atoms with Gasteiger partial charge in [0.1, 0.15) is 0 Å². The van der Waals surface area contributed by atoms with Crippen molar-refractivity contribution in [3.05, 3.63) is 0 Å². The molecule has 0 aliphatic heterocycles. The first-order valence-corrected chi connectivity index (χ1v) is 27.2. The van der Waals surface area contributed by atoms with E-state index in [1.54, 1.807) is 0 Å². The van der Waals surface area contributed by atoms with Crippen LogP contribution < -0.4 is 0 Å². The molecule has 0 saturated heterocycles. The summed E-state index contributed by atoms with van der Waals surface area (Å²) in [5.41, 5.74) is 4.60. The van der Waals surface area contributed by atoms with Crippen molar-refractivity contribution in [1.29, 1.82) is 0 Å². The van der Waals surface area contributed by atoms with Crippen molar-refractivity contribution in [3.8, 4) is 0 Å². The summed E-state index contributed by atoms with van der Waals surface area (Å²) in [6.45, 7) is 8.50. The average Bonchev–Trinajstić information content (AvgIpc) is 3.20. The van der Waals surface area contributed by atoms with Crippen molar-refractivity contribution < 1.29 is 46.0 Å². The molecule has 0 amide bonds. The minimum Gasteiger partial charge on any atom is -0.431 e. The van der Waals surface area contributed by atoms with Gasteiger partial charge in [0, 0.05) is 39.4 Å². The van der Waals surface area contributed by atoms with Crippen LogP contribution in [0.25, 0.3) is 0 Å². The molecule has 6 saturated carbocycles. The van der Waals surface area contributed by atoms with Gasteiger partial charge in [-0.3, -0.25) is 0 Å². The van der Waals surface area contributed by atoms with E-state index in [1.807, 2.05) is 27.7 Å². The zero-order chi connectivity index (χ0) is 36.2. The van der Waals surface area contributed by atoms with Crippen LogP contribution in [-0.2, 0) is 26.2 Å². The summed E-state index contributed by atoms with van der Waals surface area (Å²) in [6.07, 6.45) is 41.8. The SMILES string of the molecule is CC(C)CO.CC(C)CO.O[Si](C1CCCCC1)(C1CCCCC1)C1CCCCC1.O[Si](C1CCCCC1)(C1CCCCC1)C1CCCCC1.[Zr]. The fourth-order valence-corrected chi connectivity index (χ4v) is 23.4. The van der Waals surface area contributed by atoms with E-state index in [9.17, 15) is 9.59 Å². The number of hydrogen-bond donors (Lipinski definition) is 4. The van der Waals surface area contributed by atoms with Crippen LogP contribution in [-0.4, -0.2) is 49.7 Å². The first kappa shape index (κ1) is 48.3. The van der Waals surface area contributed by atoms with Gasteiger partial charge in [-0.25, -0.2) is 0 Å². The molecular weight excluding hydrogens is 740 g/mol. The molecule has 0 radical (unpaired) electrons. The van der Waals surface area contributed by atoms with Gasteiger partial charge in [0.2, 0.25) is 0 Å². The van der Waals surface area contributed by atoms with E-state index < -0.39 is 16.6 Å². The van der Waals surface area contributed by atoms with Crippen molar-refractivity contribution in [2.45, 2.75) is 254 Å². The van der Waals surface area contributed by atoms with Gasteiger partial charge in [-0.2, -0.15) is 0 Å². The van der Waals surface area contributed by atoms with E-state index in [4.69, 9.17) is 10.2 Å². The molecule has 0 heterocycles. The normalized spacial score (nSPS) is 24.4. The molecule has 7 heteroatoms. The average molecular weight is 829 g/mol. The summed E-state index contributed by atoms with van der Waals surface area (Å²) in [4.78, 5) is 24.0. The predicted octanol–water partition coefficient (Wildman–Crippen LogP) is 13.1. The third-order valence-electron chi connectivity index (χ3n) is 14.3. The van der Waals surface area contributed by atoms with Gasteiger partial charge in [0.15, 0.2) is 16.6 Å². The van der Waals surface area contributed by atoms with E-state index >= 15 is 0 Å². The maximum absolute atomic E-state index is 12.0. The molecule has 0 aromatic heterocycles. The topological polar surface area (TPSA) is 80.9 Å². The molecule has 0 atom stereocenters. The van der Waals surface area contributed by atoms with Crippen LogP contribution in [0.15, 0.2) is 0 Å². The Hall–Kier alpha value is 1.16. The van der Waals surface area contributed by atoms with Crippen LogP contribution >= 0.6 is 0 Å². The summed E-state index contributed by atoms with van der Waals surface area (Å²) in [6, 6.07) is 0. The molecule has 0 spiro atoms. The Balaban J connectivity index is 0.000000276. The van der Waals surface area contributed by atoms with E-state index in [2.05, 4.69) is 0 Å². The van der Waals surface area contributed by atoms with Gasteiger partial charge in [-0.15, -0.1) is 0 Å². The molecule has 300 valence electrons. The Morgan fingerprint density at radius 3 is 0.549 bits per heavy atom. The summed E-state index contributed by atoms with van der Waals surface area (Å²) < 4.78 is 0. The van der Waals surface area contributed by atoms with Crippen LogP contribution in [0.3, 0.4) is 0 Å². The van der Waals surface area contributed by atoms with Crippen molar-refractivity contribution in [2.24, 2.45) is 11.8 Å². The molecule has 6 aliphatic rings. The molecule has 6 rings (SSSR count). The second-order valence-corrected chi connectivity index (χ2v) is 27.4. The molecule has 0 aromatic carbocycles. The first-order valence-electron chi connectivity index (χ1n) is 22.8. The smallest absolute Gasteiger partial charge is 0.197 e. The monoisotopic (exact) mass is 827 g/mol. The molecule has 6 aliphatic carbocycles. The standard InChI is InChI=1S/2C18H34OSi.2C4H10O.Zr/c2*19-20(16-10-4-1-5-11-16,17-12-6-2-7-13-17)18-14-8-3-9-15-18;2*1-4(2)3-5;/h2*16-19H,1-15H2;2*4-5H,3H2,1-2H3;. The zero-order valence-electron chi connectivity index (χ0n) is 34.5. The molecule has 0 aromatic rings. The Morgan fingerprint density at radius 1 is 0.333 bits per heavy atom. The van der Waals surface area contributed by atoms with Gasteiger partial charge in [0.05, 0.1) is 0 Å². The number of hydrogen-bond acceptors (Lipinski definition) is 4. The fourth-order valence-electron chi connectivity index (χ4n) is 11.4. The quantitative estimate of drug-likeness (QED) is 0.184. The van der Waals surface area contributed by atoms with Crippen molar-refractivity contribution >= 4 is 16.6 Å². The minimum absolute atomic E-state index is 0. The van der Waals surface area contributed by atoms with Gasteiger partial charge in [-0.05, 0) is 45.1 Å². The van der Waals surface area contributed by atoms with Crippen LogP contribution in [0.1, 0.15) is 220 Å². The molecule has 51 heavy (non-hydrogen) atoms. The van der Waals surface area contributed by atoms with E-state index in [1.165, 1.54) is 193 Å². The second-order valence-electron chi connectivity index (χ2n) is 18.9. The van der Waals surface area contributed by atoms with Crippen LogP contribution in [0.2, 0.25) is 33.2 Å². The summed E-state index contributed by atoms with van der Waals surface area (Å²) in [5, 5.41) is 16.3. The first-order chi connectivity index (χ1) is 24.2. The largest absolute Gasteiger partial charge is 0.431 e. The second kappa shape index (κ2) is 26.9. The Morgan fingerprint density at radius 2 is 0.451 bits per heavy atom. The van der Waals surface area contributed by atoms with Crippen LogP contribution in [0.4, 0.5) is 0 Å². The van der Waals surface area contributed by atoms with Crippen molar-refractivity contribution in [1.82, 2.24) is 0 Å². The summed E-state index contributed by atoms with van der Waals surface area (Å²) in [7, 11) is -4.09. The fraction of sp³-hybridized carbons (Fsp3) is 1.00. The molecular formula is C44H88O4Si2Zr. The van der Waals surface area contributed by atoms with Crippen molar-refractivity contribution in [3.63, 3.8) is 0 Å². The van der Waals surface area contributed by atoms with Crippen molar-refractivity contribution in [2.75, 3.05) is 13.2 Å². The van der Waals surface area contributed by atoms with Crippen LogP contribution in [0, 0.1) is 11.8 Å². The number of aliphatic hydroxyl groups excluding tert-OH is 2. The molecule has 0 bridgehead atoms. The predicted molar refractivity (Wildman–Crippen MR) is 221 cm³/mol. The van der Waals surface area contributed by atoms with Gasteiger partial charge in [0.25, 0.3) is 0 Å². The van der Waals surface area contributed by atoms with Gasteiger partial charge in [-0.1, -0.05) is 220 Å². The van der Waals surface area contributed by atoms with Crippen LogP contribution in [0.5, 0.6) is 0 Å². The molecule has 4 nitrogen and oxygen atoms in total. The number of rotatable bonds is 8. The molecule has 4 N–H and O–H groups in total. The van der Waals surface area contributed by atoms with Gasteiger partial charge < -0.3 is 19.8 Å². The maximum atomic E-state index is 12.0. The Kier molecular flexibility index (Phi) is 25.5. The van der Waals surface area contributed by atoms with Gasteiger partial charge >= 0.3 is 0 Å². The van der Waals surface area contributed by atoms with E-state index in [0.29, 0.717) is 25.0 Å². The zero-order valence-corrected chi connectivity index (χ0v) is 39.0. The molecule has 0 unspecified atom stereocenters. The number of aliphatic hydroxyl groups is 2. The third kappa shape index (κ3) is 15.6.